The third-order valence-electron chi connectivity index (χ3n) is 6.60. The second-order valence-electron chi connectivity index (χ2n) is 9.29. The quantitative estimate of drug-likeness (QED) is 0.199. The van der Waals surface area contributed by atoms with Gasteiger partial charge in [0, 0.05) is 15.6 Å². The molecule has 1 aliphatic heterocycles. The summed E-state index contributed by atoms with van der Waals surface area (Å²) >= 11 is 17.0. The number of esters is 1. The summed E-state index contributed by atoms with van der Waals surface area (Å²) in [5, 5.41) is 1.10. The molecule has 3 aromatic carbocycles. The van der Waals surface area contributed by atoms with Crippen molar-refractivity contribution in [3.8, 4) is 11.5 Å². The Morgan fingerprint density at radius 2 is 1.88 bits per heavy atom. The van der Waals surface area contributed by atoms with Crippen molar-refractivity contribution < 1.29 is 19.0 Å². The average Bonchev–Trinajstić information content (AvgIpc) is 3.26. The third-order valence-corrected chi connectivity index (χ3v) is 8.79. The number of carbonyl (C=O) groups excluding carboxylic acids is 1. The topological polar surface area (TPSA) is 79.1 Å². The number of halogens is 3. The molecule has 42 heavy (non-hydrogen) atoms. The maximum absolute atomic E-state index is 13.8. The number of methoxy groups -OCH3 is 1. The number of carbonyl (C=O) groups is 1. The second-order valence-corrected chi connectivity index (χ2v) is 12.0. The van der Waals surface area contributed by atoms with E-state index >= 15 is 0 Å². The lowest BCUT2D eigenvalue weighted by Gasteiger charge is -2.25. The highest BCUT2D eigenvalue weighted by Crippen LogP contribution is 2.35. The zero-order valence-electron chi connectivity index (χ0n) is 22.8. The van der Waals surface area contributed by atoms with Crippen LogP contribution >= 0.6 is 50.5 Å². The van der Waals surface area contributed by atoms with Crippen molar-refractivity contribution in [1.29, 1.82) is 0 Å². The number of rotatable bonds is 8. The zero-order chi connectivity index (χ0) is 30.0. The molecule has 1 aromatic heterocycles. The Bertz CT molecular complexity index is 1880. The van der Waals surface area contributed by atoms with Crippen LogP contribution in [0.1, 0.15) is 36.6 Å². The highest BCUT2D eigenvalue weighted by molar-refractivity contribution is 9.10. The first-order valence-corrected chi connectivity index (χ1v) is 15.3. The first kappa shape index (κ1) is 30.1. The molecule has 216 valence electrons. The molecule has 11 heteroatoms. The van der Waals surface area contributed by atoms with Crippen LogP contribution in [0.25, 0.3) is 6.08 Å². The zero-order valence-corrected chi connectivity index (χ0v) is 26.7. The monoisotopic (exact) mass is 686 g/mol. The van der Waals surface area contributed by atoms with Gasteiger partial charge in [-0.1, -0.05) is 58.8 Å². The molecule has 1 atom stereocenters. The Kier molecular flexibility index (Phi) is 9.22. The second kappa shape index (κ2) is 12.9. The van der Waals surface area contributed by atoms with E-state index < -0.39 is 12.0 Å². The van der Waals surface area contributed by atoms with Crippen molar-refractivity contribution in [1.82, 2.24) is 4.57 Å². The van der Waals surface area contributed by atoms with Crippen LogP contribution in [-0.4, -0.2) is 24.3 Å². The van der Waals surface area contributed by atoms with Gasteiger partial charge < -0.3 is 14.2 Å². The molecule has 0 aliphatic carbocycles. The lowest BCUT2D eigenvalue weighted by atomic mass is 9.96. The van der Waals surface area contributed by atoms with Gasteiger partial charge in [-0.3, -0.25) is 9.36 Å². The molecule has 0 saturated heterocycles. The Balaban J connectivity index is 1.50. The summed E-state index contributed by atoms with van der Waals surface area (Å²) in [7, 11) is 1.57. The van der Waals surface area contributed by atoms with Gasteiger partial charge in [0.25, 0.3) is 5.56 Å². The summed E-state index contributed by atoms with van der Waals surface area (Å²) in [6, 6.07) is 17.4. The number of ether oxygens (including phenoxy) is 3. The normalized spacial score (nSPS) is 14.8. The van der Waals surface area contributed by atoms with E-state index in [1.165, 1.54) is 11.3 Å². The van der Waals surface area contributed by atoms with Gasteiger partial charge in [0.05, 0.1) is 40.0 Å². The molecule has 1 aliphatic rings. The lowest BCUT2D eigenvalue weighted by Crippen LogP contribution is -2.39. The van der Waals surface area contributed by atoms with E-state index in [0.29, 0.717) is 46.6 Å². The van der Waals surface area contributed by atoms with Gasteiger partial charge in [-0.15, -0.1) is 0 Å². The Morgan fingerprint density at radius 3 is 2.55 bits per heavy atom. The molecule has 0 radical (unpaired) electrons. The van der Waals surface area contributed by atoms with Gasteiger partial charge in [0.1, 0.15) is 18.1 Å². The van der Waals surface area contributed by atoms with Gasteiger partial charge in [0.2, 0.25) is 0 Å². The first-order valence-electron chi connectivity index (χ1n) is 12.9. The van der Waals surface area contributed by atoms with Crippen LogP contribution in [0, 0.1) is 0 Å². The molecule has 0 saturated carbocycles. The van der Waals surface area contributed by atoms with Gasteiger partial charge in [0.15, 0.2) is 4.80 Å². The predicted molar refractivity (Wildman–Crippen MR) is 168 cm³/mol. The summed E-state index contributed by atoms with van der Waals surface area (Å²) in [6.45, 7) is 3.99. The maximum atomic E-state index is 13.8. The third kappa shape index (κ3) is 6.20. The molecule has 0 fully saturated rings. The number of benzene rings is 3. The fourth-order valence-corrected chi connectivity index (χ4v) is 6.64. The van der Waals surface area contributed by atoms with E-state index in [1.54, 1.807) is 49.8 Å². The summed E-state index contributed by atoms with van der Waals surface area (Å²) in [6.07, 6.45) is 1.80. The molecule has 4 aromatic rings. The molecule has 0 spiro atoms. The fourth-order valence-electron chi connectivity index (χ4n) is 4.57. The van der Waals surface area contributed by atoms with E-state index in [0.717, 1.165) is 16.7 Å². The Labute approximate surface area is 264 Å². The van der Waals surface area contributed by atoms with E-state index in [2.05, 4.69) is 20.9 Å². The minimum absolute atomic E-state index is 0.200. The van der Waals surface area contributed by atoms with Crippen molar-refractivity contribution in [3.63, 3.8) is 0 Å². The number of aromatic nitrogens is 1. The molecule has 0 N–H and O–H groups in total. The van der Waals surface area contributed by atoms with E-state index in [-0.39, 0.29) is 18.8 Å². The lowest BCUT2D eigenvalue weighted by molar-refractivity contribution is -0.139. The van der Waals surface area contributed by atoms with E-state index in [4.69, 9.17) is 37.4 Å². The van der Waals surface area contributed by atoms with Crippen LogP contribution < -0.4 is 24.4 Å². The fraction of sp³-hybridized carbons (Fsp3) is 0.194. The maximum Gasteiger partial charge on any atom is 0.338 e. The van der Waals surface area contributed by atoms with Crippen LogP contribution in [0.4, 0.5) is 0 Å². The molecule has 0 bridgehead atoms. The highest BCUT2D eigenvalue weighted by Gasteiger charge is 2.33. The van der Waals surface area contributed by atoms with Crippen LogP contribution in [0.5, 0.6) is 11.5 Å². The number of fused-ring (bicyclic) bond motifs is 1. The molecule has 7 nitrogen and oxygen atoms in total. The number of thiazole rings is 1. The predicted octanol–water partition coefficient (Wildman–Crippen LogP) is 6.46. The van der Waals surface area contributed by atoms with Gasteiger partial charge in [-0.25, -0.2) is 9.79 Å². The summed E-state index contributed by atoms with van der Waals surface area (Å²) < 4.78 is 19.4. The van der Waals surface area contributed by atoms with Gasteiger partial charge in [-0.05, 0) is 83.4 Å². The minimum atomic E-state index is -0.722. The summed E-state index contributed by atoms with van der Waals surface area (Å²) in [5.74, 6) is 0.771. The standard InChI is InChI=1S/C31H25BrCl2N2O5S/c1-4-40-30(38)27-17(2)35-31-36(28(27)19-8-12-25(39-3)23(32)14-19)29(37)26(42-31)13-18-5-10-22(11-6-18)41-16-20-7-9-21(33)15-24(20)34/h5-15,28H,4,16H2,1-3H3/b26-13+/t28-/m0/s1. The SMILES string of the molecule is CCOC(=O)C1=C(C)N=c2s/c(=C/c3ccc(OCc4ccc(Cl)cc4Cl)cc3)c(=O)n2[C@H]1c1ccc(OC)c(Br)c1. The number of hydrogen-bond acceptors (Lipinski definition) is 7. The smallest absolute Gasteiger partial charge is 0.338 e. The van der Waals surface area contributed by atoms with Crippen LogP contribution in [0.3, 0.4) is 0 Å². The molecular formula is C31H25BrCl2N2O5S. The Hall–Kier alpha value is -3.37. The van der Waals surface area contributed by atoms with Crippen molar-refractivity contribution in [2.45, 2.75) is 26.5 Å². The van der Waals surface area contributed by atoms with Crippen LogP contribution in [0.2, 0.25) is 10.0 Å². The van der Waals surface area contributed by atoms with E-state index in [1.807, 2.05) is 42.5 Å². The van der Waals surface area contributed by atoms with E-state index in [9.17, 15) is 9.59 Å². The molecule has 0 amide bonds. The molecule has 2 heterocycles. The highest BCUT2D eigenvalue weighted by atomic mass is 79.9. The molecular weight excluding hydrogens is 663 g/mol. The molecule has 5 rings (SSSR count). The van der Waals surface area contributed by atoms with Crippen molar-refractivity contribution in [2.75, 3.05) is 13.7 Å². The average molecular weight is 688 g/mol. The summed E-state index contributed by atoms with van der Waals surface area (Å²) in [5.41, 5.74) is 2.90. The van der Waals surface area contributed by atoms with Crippen LogP contribution in [0.15, 0.2) is 86.2 Å². The molecule has 0 unspecified atom stereocenters. The number of nitrogens with zero attached hydrogens (tertiary/aromatic N) is 2. The largest absolute Gasteiger partial charge is 0.496 e. The number of allylic oxidation sites excluding steroid dienone is 1. The van der Waals surface area contributed by atoms with Crippen LogP contribution in [-0.2, 0) is 16.1 Å². The van der Waals surface area contributed by atoms with Gasteiger partial charge in [-0.2, -0.15) is 0 Å². The first-order chi connectivity index (χ1) is 20.2. The Morgan fingerprint density at radius 1 is 1.12 bits per heavy atom. The van der Waals surface area contributed by atoms with Crippen molar-refractivity contribution in [3.05, 3.63) is 123 Å². The number of hydrogen-bond donors (Lipinski definition) is 0. The minimum Gasteiger partial charge on any atom is -0.496 e. The summed E-state index contributed by atoms with van der Waals surface area (Å²) in [4.78, 5) is 32.1. The van der Waals surface area contributed by atoms with Gasteiger partial charge >= 0.3 is 5.97 Å². The van der Waals surface area contributed by atoms with Crippen molar-refractivity contribution in [2.24, 2.45) is 4.99 Å². The van der Waals surface area contributed by atoms with Crippen molar-refractivity contribution >= 4 is 62.5 Å².